The normalized spacial score (nSPS) is 32.0. The van der Waals surface area contributed by atoms with Crippen molar-refractivity contribution < 1.29 is 24.2 Å². The van der Waals surface area contributed by atoms with Crippen LogP contribution in [0.3, 0.4) is 0 Å². The lowest BCUT2D eigenvalue weighted by atomic mass is 10.1. The lowest BCUT2D eigenvalue weighted by Gasteiger charge is -2.20. The van der Waals surface area contributed by atoms with Crippen LogP contribution in [0.1, 0.15) is 40.5 Å². The first-order chi connectivity index (χ1) is 11.3. The molecule has 138 valence electrons. The number of ether oxygens (including phenoxy) is 2. The molecule has 0 aromatic heterocycles. The molecule has 2 saturated heterocycles. The van der Waals surface area contributed by atoms with Gasteiger partial charge in [0.15, 0.2) is 0 Å². The molecule has 2 heterocycles. The number of hydrogen-bond acceptors (Lipinski definition) is 5. The van der Waals surface area contributed by atoms with Gasteiger partial charge in [-0.3, -0.25) is 4.79 Å². The van der Waals surface area contributed by atoms with Crippen LogP contribution in [-0.2, 0) is 14.3 Å². The SMILES string of the molecule is CC(C)NC(=O)C[C@@H]1C[C@H]2O[C@H](CNC(=O)NC(C)C)[C@@H](O)[C@H]2O1. The molecule has 2 aliphatic rings. The maximum atomic E-state index is 11.8. The van der Waals surface area contributed by atoms with Gasteiger partial charge in [-0.1, -0.05) is 0 Å². The van der Waals surface area contributed by atoms with Gasteiger partial charge in [0.05, 0.1) is 18.6 Å². The molecule has 5 atom stereocenters. The molecular weight excluding hydrogens is 314 g/mol. The Bertz CT molecular complexity index is 455. The summed E-state index contributed by atoms with van der Waals surface area (Å²) in [5, 5.41) is 18.6. The van der Waals surface area contributed by atoms with Crippen molar-refractivity contribution in [3.63, 3.8) is 0 Å². The van der Waals surface area contributed by atoms with E-state index in [1.54, 1.807) is 0 Å². The smallest absolute Gasteiger partial charge is 0.315 e. The van der Waals surface area contributed by atoms with Gasteiger partial charge in [0.1, 0.15) is 18.3 Å². The molecule has 2 rings (SSSR count). The first-order valence-electron chi connectivity index (χ1n) is 8.59. The minimum atomic E-state index is -0.812. The maximum Gasteiger partial charge on any atom is 0.315 e. The lowest BCUT2D eigenvalue weighted by molar-refractivity contribution is -0.125. The van der Waals surface area contributed by atoms with Gasteiger partial charge in [-0.2, -0.15) is 0 Å². The average molecular weight is 343 g/mol. The predicted molar refractivity (Wildman–Crippen MR) is 87.5 cm³/mol. The number of aliphatic hydroxyl groups excluding tert-OH is 1. The molecule has 0 spiro atoms. The van der Waals surface area contributed by atoms with Crippen molar-refractivity contribution in [3.05, 3.63) is 0 Å². The van der Waals surface area contributed by atoms with Crippen LogP contribution in [0.15, 0.2) is 0 Å². The van der Waals surface area contributed by atoms with E-state index in [2.05, 4.69) is 16.0 Å². The Hall–Kier alpha value is -1.38. The minimum absolute atomic E-state index is 0.0416. The van der Waals surface area contributed by atoms with Crippen molar-refractivity contribution in [3.8, 4) is 0 Å². The molecule has 0 unspecified atom stereocenters. The van der Waals surface area contributed by atoms with E-state index in [1.807, 2.05) is 27.7 Å². The van der Waals surface area contributed by atoms with Crippen LogP contribution < -0.4 is 16.0 Å². The van der Waals surface area contributed by atoms with E-state index in [0.29, 0.717) is 6.42 Å². The summed E-state index contributed by atoms with van der Waals surface area (Å²) in [6, 6.07) is -0.158. The first kappa shape index (κ1) is 19.0. The summed E-state index contributed by atoms with van der Waals surface area (Å²) in [5.41, 5.74) is 0. The van der Waals surface area contributed by atoms with Gasteiger partial charge < -0.3 is 30.5 Å². The third kappa shape index (κ3) is 5.06. The predicted octanol–water partition coefficient (Wildman–Crippen LogP) is -0.105. The number of aliphatic hydroxyl groups is 1. The number of amides is 3. The zero-order chi connectivity index (χ0) is 17.9. The highest BCUT2D eigenvalue weighted by Crippen LogP contribution is 2.35. The molecule has 8 heteroatoms. The molecule has 24 heavy (non-hydrogen) atoms. The molecule has 2 aliphatic heterocycles. The number of fused-ring (bicyclic) bond motifs is 1. The quantitative estimate of drug-likeness (QED) is 0.538. The van der Waals surface area contributed by atoms with Crippen LogP contribution in [0.5, 0.6) is 0 Å². The summed E-state index contributed by atoms with van der Waals surface area (Å²) in [4.78, 5) is 23.4. The number of carbonyl (C=O) groups is 2. The van der Waals surface area contributed by atoms with Crippen molar-refractivity contribution >= 4 is 11.9 Å². The Labute approximate surface area is 142 Å². The Morgan fingerprint density at radius 3 is 2.38 bits per heavy atom. The number of carbonyl (C=O) groups excluding carboxylic acids is 2. The van der Waals surface area contributed by atoms with Gasteiger partial charge in [0.25, 0.3) is 0 Å². The Balaban J connectivity index is 1.75. The monoisotopic (exact) mass is 343 g/mol. The van der Waals surface area contributed by atoms with Crippen LogP contribution in [0.2, 0.25) is 0 Å². The fourth-order valence-corrected chi connectivity index (χ4v) is 3.10. The minimum Gasteiger partial charge on any atom is -0.388 e. The van der Waals surface area contributed by atoms with E-state index in [1.165, 1.54) is 0 Å². The van der Waals surface area contributed by atoms with E-state index in [0.717, 1.165) is 0 Å². The van der Waals surface area contributed by atoms with E-state index < -0.39 is 18.3 Å². The molecule has 2 fully saturated rings. The number of hydrogen-bond donors (Lipinski definition) is 4. The third-order valence-corrected chi connectivity index (χ3v) is 4.02. The Morgan fingerprint density at radius 2 is 1.79 bits per heavy atom. The highest BCUT2D eigenvalue weighted by atomic mass is 16.6. The van der Waals surface area contributed by atoms with Gasteiger partial charge in [-0.05, 0) is 27.7 Å². The van der Waals surface area contributed by atoms with Crippen molar-refractivity contribution in [2.75, 3.05) is 6.54 Å². The van der Waals surface area contributed by atoms with Crippen molar-refractivity contribution in [1.29, 1.82) is 0 Å². The summed E-state index contributed by atoms with van der Waals surface area (Å²) >= 11 is 0. The second-order valence-electron chi connectivity index (χ2n) is 7.10. The van der Waals surface area contributed by atoms with E-state index >= 15 is 0 Å². The van der Waals surface area contributed by atoms with Crippen molar-refractivity contribution in [1.82, 2.24) is 16.0 Å². The standard InChI is InChI=1S/C16H29N3O5/c1-8(2)18-13(20)6-10-5-11-15(23-10)14(21)12(24-11)7-17-16(22)19-9(3)4/h8-12,14-15,21H,5-7H2,1-4H3,(H,18,20)(H2,17,19,22)/t10-,11+,12+,14+,15-/m0/s1. The molecule has 3 amide bonds. The second-order valence-corrected chi connectivity index (χ2v) is 7.10. The second kappa shape index (κ2) is 8.13. The number of nitrogens with one attached hydrogen (secondary N) is 3. The van der Waals surface area contributed by atoms with Crippen molar-refractivity contribution in [2.45, 2.75) is 83.1 Å². The topological polar surface area (TPSA) is 109 Å². The van der Waals surface area contributed by atoms with Crippen LogP contribution in [0.4, 0.5) is 4.79 Å². The van der Waals surface area contributed by atoms with Crippen LogP contribution in [0, 0.1) is 0 Å². The van der Waals surface area contributed by atoms with Gasteiger partial charge in [0.2, 0.25) is 5.91 Å². The molecule has 0 bridgehead atoms. The summed E-state index contributed by atoms with van der Waals surface area (Å²) < 4.78 is 11.6. The van der Waals surface area contributed by atoms with Gasteiger partial charge >= 0.3 is 6.03 Å². The summed E-state index contributed by atoms with van der Waals surface area (Å²) in [6.07, 6.45) is -1.40. The fourth-order valence-electron chi connectivity index (χ4n) is 3.10. The molecule has 0 aromatic carbocycles. The highest BCUT2D eigenvalue weighted by molar-refractivity contribution is 5.76. The van der Waals surface area contributed by atoms with E-state index in [9.17, 15) is 14.7 Å². The molecule has 8 nitrogen and oxygen atoms in total. The zero-order valence-corrected chi connectivity index (χ0v) is 14.7. The van der Waals surface area contributed by atoms with E-state index in [4.69, 9.17) is 9.47 Å². The Morgan fingerprint density at radius 1 is 1.12 bits per heavy atom. The van der Waals surface area contributed by atoms with Crippen LogP contribution in [0.25, 0.3) is 0 Å². The molecule has 0 radical (unpaired) electrons. The van der Waals surface area contributed by atoms with Gasteiger partial charge in [0, 0.05) is 25.0 Å². The largest absolute Gasteiger partial charge is 0.388 e. The van der Waals surface area contributed by atoms with Crippen molar-refractivity contribution in [2.24, 2.45) is 0 Å². The van der Waals surface area contributed by atoms with Gasteiger partial charge in [-0.25, -0.2) is 4.79 Å². The molecular formula is C16H29N3O5. The number of urea groups is 1. The first-order valence-corrected chi connectivity index (χ1v) is 8.59. The van der Waals surface area contributed by atoms with E-state index in [-0.39, 0.29) is 49.2 Å². The fraction of sp³-hybridized carbons (Fsp3) is 0.875. The van der Waals surface area contributed by atoms with Gasteiger partial charge in [-0.15, -0.1) is 0 Å². The van der Waals surface area contributed by atoms with Crippen LogP contribution in [-0.4, -0.2) is 66.2 Å². The molecule has 0 aromatic rings. The highest BCUT2D eigenvalue weighted by Gasteiger charge is 2.50. The Kier molecular flexibility index (Phi) is 6.42. The maximum absolute atomic E-state index is 11.8. The molecule has 4 N–H and O–H groups in total. The third-order valence-electron chi connectivity index (χ3n) is 4.02. The molecule has 0 aliphatic carbocycles. The average Bonchev–Trinajstić information content (AvgIpc) is 2.94. The van der Waals surface area contributed by atoms with Crippen LogP contribution >= 0.6 is 0 Å². The number of rotatable bonds is 6. The molecule has 0 saturated carbocycles. The lowest BCUT2D eigenvalue weighted by Crippen LogP contribution is -2.45. The summed E-state index contributed by atoms with van der Waals surface area (Å²) in [5.74, 6) is -0.0620. The summed E-state index contributed by atoms with van der Waals surface area (Å²) in [7, 11) is 0. The zero-order valence-electron chi connectivity index (χ0n) is 14.7. The summed E-state index contributed by atoms with van der Waals surface area (Å²) in [6.45, 7) is 7.77.